The molecule has 1 amide bonds. The Labute approximate surface area is 161 Å². The molecule has 0 saturated heterocycles. The average molecular weight is 400 g/mol. The summed E-state index contributed by atoms with van der Waals surface area (Å²) in [5.74, 6) is 0.190. The van der Waals surface area contributed by atoms with Crippen LogP contribution >= 0.6 is 11.8 Å². The highest BCUT2D eigenvalue weighted by molar-refractivity contribution is 7.99. The fourth-order valence-electron chi connectivity index (χ4n) is 2.32. The number of aromatic nitrogens is 3. The molecule has 3 aromatic rings. The van der Waals surface area contributed by atoms with Gasteiger partial charge in [0.1, 0.15) is 0 Å². The predicted octanol–water partition coefficient (Wildman–Crippen LogP) is 3.40. The van der Waals surface area contributed by atoms with Gasteiger partial charge in [-0.2, -0.15) is 0 Å². The number of anilines is 1. The van der Waals surface area contributed by atoms with Gasteiger partial charge in [0, 0.05) is 24.2 Å². The number of carbonyl (C=O) groups excluding carboxylic acids is 1. The van der Waals surface area contributed by atoms with Crippen molar-refractivity contribution >= 4 is 34.7 Å². The summed E-state index contributed by atoms with van der Waals surface area (Å²) in [6.07, 6.45) is 0. The van der Waals surface area contributed by atoms with Crippen LogP contribution in [-0.4, -0.2) is 30.9 Å². The second kappa shape index (κ2) is 7.84. The molecule has 11 nitrogen and oxygen atoms in total. The monoisotopic (exact) mass is 400 g/mol. The van der Waals surface area contributed by atoms with E-state index in [9.17, 15) is 25.0 Å². The molecule has 0 spiro atoms. The van der Waals surface area contributed by atoms with E-state index in [1.165, 1.54) is 19.1 Å². The lowest BCUT2D eigenvalue weighted by atomic mass is 10.2. The number of benzene rings is 2. The molecular weight excluding hydrogens is 388 g/mol. The van der Waals surface area contributed by atoms with Crippen LogP contribution in [-0.2, 0) is 4.79 Å². The molecule has 28 heavy (non-hydrogen) atoms. The first-order valence-corrected chi connectivity index (χ1v) is 8.56. The Kier molecular flexibility index (Phi) is 5.31. The standard InChI is InChI=1S/C16H12N6O5S/c1-9(23)17-11-4-2-3-10(7-11)15-18-16(20-19-15)28-14-6-5-12(21(24)25)8-13(14)22(26)27/h2-8H,1H3,(H,17,23)(H,18,19,20). The Morgan fingerprint density at radius 1 is 1.14 bits per heavy atom. The molecule has 0 aliphatic rings. The van der Waals surface area contributed by atoms with Crippen molar-refractivity contribution in [2.24, 2.45) is 0 Å². The molecule has 0 aliphatic heterocycles. The lowest BCUT2D eigenvalue weighted by molar-refractivity contribution is -0.396. The third-order valence-electron chi connectivity index (χ3n) is 3.47. The van der Waals surface area contributed by atoms with E-state index >= 15 is 0 Å². The van der Waals surface area contributed by atoms with E-state index in [0.29, 0.717) is 17.1 Å². The van der Waals surface area contributed by atoms with Crippen LogP contribution in [0.4, 0.5) is 17.1 Å². The number of rotatable bonds is 6. The normalized spacial score (nSPS) is 10.5. The van der Waals surface area contributed by atoms with Gasteiger partial charge in [0.25, 0.3) is 11.4 Å². The van der Waals surface area contributed by atoms with Crippen LogP contribution in [0.1, 0.15) is 6.92 Å². The zero-order valence-electron chi connectivity index (χ0n) is 14.3. The highest BCUT2D eigenvalue weighted by Gasteiger charge is 2.21. The van der Waals surface area contributed by atoms with E-state index in [0.717, 1.165) is 17.8 Å². The van der Waals surface area contributed by atoms with Gasteiger partial charge >= 0.3 is 0 Å². The van der Waals surface area contributed by atoms with E-state index in [2.05, 4.69) is 20.5 Å². The molecule has 12 heteroatoms. The first kappa shape index (κ1) is 19.0. The summed E-state index contributed by atoms with van der Waals surface area (Å²) in [5, 5.41) is 31.7. The van der Waals surface area contributed by atoms with Crippen molar-refractivity contribution in [2.45, 2.75) is 17.0 Å². The Bertz CT molecular complexity index is 1080. The van der Waals surface area contributed by atoms with Crippen LogP contribution < -0.4 is 5.32 Å². The summed E-state index contributed by atoms with van der Waals surface area (Å²) in [6.45, 7) is 1.40. The molecule has 0 aliphatic carbocycles. The molecule has 1 aromatic heterocycles. The van der Waals surface area contributed by atoms with Crippen LogP contribution in [0, 0.1) is 20.2 Å². The maximum Gasteiger partial charge on any atom is 0.290 e. The fraction of sp³-hybridized carbons (Fsp3) is 0.0625. The number of nitrogens with zero attached hydrogens (tertiary/aromatic N) is 4. The van der Waals surface area contributed by atoms with Gasteiger partial charge in [-0.05, 0) is 30.0 Å². The lowest BCUT2D eigenvalue weighted by Gasteiger charge is -2.03. The molecule has 0 radical (unpaired) electrons. The summed E-state index contributed by atoms with van der Waals surface area (Å²) in [4.78, 5) is 36.3. The largest absolute Gasteiger partial charge is 0.326 e. The van der Waals surface area contributed by atoms with Crippen molar-refractivity contribution in [3.63, 3.8) is 0 Å². The van der Waals surface area contributed by atoms with E-state index in [1.807, 2.05) is 0 Å². The molecule has 0 fully saturated rings. The Balaban J connectivity index is 1.87. The van der Waals surface area contributed by atoms with Crippen molar-refractivity contribution in [3.8, 4) is 11.4 Å². The second-order valence-corrected chi connectivity index (χ2v) is 6.51. The van der Waals surface area contributed by atoms with Gasteiger partial charge in [-0.3, -0.25) is 30.1 Å². The van der Waals surface area contributed by atoms with E-state index in [-0.39, 0.29) is 21.6 Å². The lowest BCUT2D eigenvalue weighted by Crippen LogP contribution is -2.05. The van der Waals surface area contributed by atoms with Crippen LogP contribution in [0.5, 0.6) is 0 Å². The van der Waals surface area contributed by atoms with Gasteiger partial charge in [-0.1, -0.05) is 12.1 Å². The Morgan fingerprint density at radius 2 is 1.93 bits per heavy atom. The summed E-state index contributed by atoms with van der Waals surface area (Å²) in [6, 6.07) is 10.3. The number of nitro groups is 2. The van der Waals surface area contributed by atoms with Crippen molar-refractivity contribution < 1.29 is 14.6 Å². The molecule has 3 rings (SSSR count). The topological polar surface area (TPSA) is 157 Å². The highest BCUT2D eigenvalue weighted by Crippen LogP contribution is 2.36. The number of carbonyl (C=O) groups is 1. The van der Waals surface area contributed by atoms with Crippen LogP contribution in [0.2, 0.25) is 0 Å². The minimum Gasteiger partial charge on any atom is -0.326 e. The summed E-state index contributed by atoms with van der Waals surface area (Å²) >= 11 is 0.906. The minimum absolute atomic E-state index is 0.174. The molecule has 0 bridgehead atoms. The van der Waals surface area contributed by atoms with Crippen LogP contribution in [0.25, 0.3) is 11.4 Å². The van der Waals surface area contributed by atoms with Crippen molar-refractivity contribution in [1.29, 1.82) is 0 Å². The summed E-state index contributed by atoms with van der Waals surface area (Å²) in [7, 11) is 0. The molecule has 142 valence electrons. The van der Waals surface area contributed by atoms with Gasteiger partial charge in [-0.25, -0.2) is 4.98 Å². The van der Waals surface area contributed by atoms with Gasteiger partial charge < -0.3 is 5.32 Å². The van der Waals surface area contributed by atoms with E-state index in [1.54, 1.807) is 24.3 Å². The number of amides is 1. The molecular formula is C16H12N6O5S. The predicted molar refractivity (Wildman–Crippen MR) is 100.0 cm³/mol. The van der Waals surface area contributed by atoms with E-state index < -0.39 is 15.5 Å². The SMILES string of the molecule is CC(=O)Nc1cccc(-c2nc(Sc3ccc([N+](=O)[O-])cc3[N+](=O)[O-])n[nH]2)c1. The summed E-state index contributed by atoms with van der Waals surface area (Å²) in [5.41, 5.74) is 0.463. The highest BCUT2D eigenvalue weighted by atomic mass is 32.2. The number of nitro benzene ring substituents is 2. The number of hydrogen-bond donors (Lipinski definition) is 2. The number of nitrogens with one attached hydrogen (secondary N) is 2. The van der Waals surface area contributed by atoms with Crippen molar-refractivity contribution in [1.82, 2.24) is 15.2 Å². The smallest absolute Gasteiger partial charge is 0.290 e. The van der Waals surface area contributed by atoms with Gasteiger partial charge in [-0.15, -0.1) is 5.10 Å². The number of aromatic amines is 1. The van der Waals surface area contributed by atoms with Gasteiger partial charge in [0.15, 0.2) is 5.82 Å². The first-order chi connectivity index (χ1) is 13.3. The molecule has 1 heterocycles. The average Bonchev–Trinajstić information content (AvgIpc) is 3.10. The van der Waals surface area contributed by atoms with E-state index in [4.69, 9.17) is 0 Å². The molecule has 0 atom stereocenters. The maximum atomic E-state index is 11.2. The fourth-order valence-corrected chi connectivity index (χ4v) is 3.11. The maximum absolute atomic E-state index is 11.2. The van der Waals surface area contributed by atoms with Crippen molar-refractivity contribution in [2.75, 3.05) is 5.32 Å². The van der Waals surface area contributed by atoms with Crippen LogP contribution in [0.15, 0.2) is 52.5 Å². The first-order valence-electron chi connectivity index (χ1n) is 7.74. The minimum atomic E-state index is -0.700. The second-order valence-electron chi connectivity index (χ2n) is 5.50. The molecule has 0 unspecified atom stereocenters. The number of hydrogen-bond acceptors (Lipinski definition) is 8. The van der Waals surface area contributed by atoms with Crippen LogP contribution in [0.3, 0.4) is 0 Å². The Hall–Kier alpha value is -3.80. The molecule has 2 aromatic carbocycles. The van der Waals surface area contributed by atoms with Gasteiger partial charge in [0.05, 0.1) is 20.8 Å². The zero-order chi connectivity index (χ0) is 20.3. The molecule has 2 N–H and O–H groups in total. The Morgan fingerprint density at radius 3 is 2.61 bits per heavy atom. The summed E-state index contributed by atoms with van der Waals surface area (Å²) < 4.78 is 0. The molecule has 0 saturated carbocycles. The van der Waals surface area contributed by atoms with Crippen molar-refractivity contribution in [3.05, 3.63) is 62.7 Å². The third kappa shape index (κ3) is 4.29. The third-order valence-corrected chi connectivity index (χ3v) is 4.40. The zero-order valence-corrected chi connectivity index (χ0v) is 15.1. The number of non-ortho nitro benzene ring substituents is 1. The quantitative estimate of drug-likeness (QED) is 0.471. The van der Waals surface area contributed by atoms with Gasteiger partial charge in [0.2, 0.25) is 11.1 Å². The number of H-pyrrole nitrogens is 1.